The van der Waals surface area contributed by atoms with Crippen molar-refractivity contribution in [2.45, 2.75) is 12.5 Å². The maximum Gasteiger partial charge on any atom is 0.336 e. The minimum atomic E-state index is -1.16. The number of halogens is 1. The van der Waals surface area contributed by atoms with Crippen molar-refractivity contribution in [3.63, 3.8) is 0 Å². The lowest BCUT2D eigenvalue weighted by molar-refractivity contribution is -0.142. The standard InChI is InChI=1S/C16H16BrN3O3/c17-12-6-8-13(9-7-12)19-16(23)20(18)14(15(21)22)10-11-4-2-1-3-5-11/h1-9,14H,10,18H2,(H,19,23)(H,21,22)/t14-/m1/s1. The molecule has 2 amide bonds. The Balaban J connectivity index is 2.07. The second-order valence-electron chi connectivity index (χ2n) is 4.89. The van der Waals surface area contributed by atoms with Crippen LogP contribution in [0.3, 0.4) is 0 Å². The number of carbonyl (C=O) groups is 2. The number of hydrazine groups is 1. The Kier molecular flexibility index (Phi) is 5.72. The van der Waals surface area contributed by atoms with Crippen LogP contribution >= 0.6 is 15.9 Å². The molecule has 0 saturated carbocycles. The van der Waals surface area contributed by atoms with E-state index >= 15 is 0 Å². The molecule has 7 heteroatoms. The molecular formula is C16H16BrN3O3. The molecule has 0 aliphatic rings. The predicted octanol–water partition coefficient (Wildman–Crippen LogP) is 2.85. The smallest absolute Gasteiger partial charge is 0.336 e. The topological polar surface area (TPSA) is 95.7 Å². The third-order valence-corrected chi connectivity index (χ3v) is 3.75. The number of nitrogens with two attached hydrogens (primary N) is 1. The number of hydrogen-bond acceptors (Lipinski definition) is 3. The minimum absolute atomic E-state index is 0.125. The van der Waals surface area contributed by atoms with E-state index in [2.05, 4.69) is 21.2 Å². The van der Waals surface area contributed by atoms with E-state index in [-0.39, 0.29) is 6.42 Å². The van der Waals surface area contributed by atoms with E-state index in [4.69, 9.17) is 5.84 Å². The Labute approximate surface area is 142 Å². The van der Waals surface area contributed by atoms with E-state index in [1.165, 1.54) is 0 Å². The number of rotatable bonds is 5. The molecule has 0 unspecified atom stereocenters. The number of carboxylic acids is 1. The molecule has 0 bridgehead atoms. The van der Waals surface area contributed by atoms with Gasteiger partial charge in [0.25, 0.3) is 0 Å². The number of nitrogens with one attached hydrogen (secondary N) is 1. The first-order chi connectivity index (χ1) is 11.0. The van der Waals surface area contributed by atoms with Crippen molar-refractivity contribution >= 4 is 33.6 Å². The summed E-state index contributed by atoms with van der Waals surface area (Å²) in [5.41, 5.74) is 1.31. The minimum Gasteiger partial charge on any atom is -0.480 e. The van der Waals surface area contributed by atoms with Crippen LogP contribution in [0.4, 0.5) is 10.5 Å². The van der Waals surface area contributed by atoms with Crippen LogP contribution in [0.1, 0.15) is 5.56 Å². The highest BCUT2D eigenvalue weighted by Crippen LogP contribution is 2.15. The highest BCUT2D eigenvalue weighted by atomic mass is 79.9. The van der Waals surface area contributed by atoms with Crippen molar-refractivity contribution < 1.29 is 14.7 Å². The molecule has 0 saturated heterocycles. The predicted molar refractivity (Wildman–Crippen MR) is 90.8 cm³/mol. The molecule has 2 rings (SSSR count). The Morgan fingerprint density at radius 1 is 1.13 bits per heavy atom. The Morgan fingerprint density at radius 3 is 2.30 bits per heavy atom. The van der Waals surface area contributed by atoms with Gasteiger partial charge in [0.05, 0.1) is 0 Å². The average Bonchev–Trinajstić information content (AvgIpc) is 2.55. The Morgan fingerprint density at radius 2 is 1.74 bits per heavy atom. The van der Waals surface area contributed by atoms with Crippen molar-refractivity contribution in [3.8, 4) is 0 Å². The van der Waals surface area contributed by atoms with Crippen LogP contribution in [0, 0.1) is 0 Å². The van der Waals surface area contributed by atoms with Crippen LogP contribution in [0.15, 0.2) is 59.1 Å². The van der Waals surface area contributed by atoms with Gasteiger partial charge in [0.2, 0.25) is 0 Å². The number of nitrogens with zero attached hydrogens (tertiary/aromatic N) is 1. The summed E-state index contributed by atoms with van der Waals surface area (Å²) in [6.45, 7) is 0. The van der Waals surface area contributed by atoms with Gasteiger partial charge in [-0.1, -0.05) is 46.3 Å². The van der Waals surface area contributed by atoms with Crippen molar-refractivity contribution in [3.05, 3.63) is 64.6 Å². The zero-order valence-electron chi connectivity index (χ0n) is 12.1. The van der Waals surface area contributed by atoms with Crippen LogP contribution < -0.4 is 11.2 Å². The van der Waals surface area contributed by atoms with E-state index < -0.39 is 18.0 Å². The average molecular weight is 378 g/mol. The van der Waals surface area contributed by atoms with E-state index in [9.17, 15) is 14.7 Å². The first kappa shape index (κ1) is 17.0. The summed E-state index contributed by atoms with van der Waals surface area (Å²) in [7, 11) is 0. The summed E-state index contributed by atoms with van der Waals surface area (Å²) in [5.74, 6) is 4.55. The Hall–Kier alpha value is -2.38. The lowest BCUT2D eigenvalue weighted by Gasteiger charge is -2.24. The molecule has 0 heterocycles. The van der Waals surface area contributed by atoms with Crippen molar-refractivity contribution in [2.24, 2.45) is 5.84 Å². The van der Waals surface area contributed by atoms with Crippen LogP contribution in [0.25, 0.3) is 0 Å². The van der Waals surface area contributed by atoms with Crippen LogP contribution in [0.5, 0.6) is 0 Å². The second kappa shape index (κ2) is 7.75. The first-order valence-electron chi connectivity index (χ1n) is 6.84. The fraction of sp³-hybridized carbons (Fsp3) is 0.125. The van der Waals surface area contributed by atoms with Crippen molar-refractivity contribution in [1.29, 1.82) is 0 Å². The largest absolute Gasteiger partial charge is 0.480 e. The zero-order valence-corrected chi connectivity index (χ0v) is 13.7. The SMILES string of the molecule is NN(C(=O)Nc1ccc(Br)cc1)[C@H](Cc1ccccc1)C(=O)O. The van der Waals surface area contributed by atoms with Gasteiger partial charge in [-0.15, -0.1) is 0 Å². The highest BCUT2D eigenvalue weighted by Gasteiger charge is 2.27. The van der Waals surface area contributed by atoms with E-state index in [1.807, 2.05) is 6.07 Å². The van der Waals surface area contributed by atoms with Gasteiger partial charge in [-0.05, 0) is 29.8 Å². The first-order valence-corrected chi connectivity index (χ1v) is 7.64. The fourth-order valence-corrected chi connectivity index (χ4v) is 2.27. The number of aliphatic carboxylic acids is 1. The molecule has 0 radical (unpaired) electrons. The zero-order chi connectivity index (χ0) is 16.8. The quantitative estimate of drug-likeness (QED) is 0.424. The maximum atomic E-state index is 12.1. The molecule has 1 atom stereocenters. The molecule has 2 aromatic rings. The molecule has 0 spiro atoms. The fourth-order valence-electron chi connectivity index (χ4n) is 2.00. The molecule has 2 aromatic carbocycles. The number of anilines is 1. The van der Waals surface area contributed by atoms with Gasteiger partial charge in [0.1, 0.15) is 0 Å². The lowest BCUT2D eigenvalue weighted by atomic mass is 10.1. The summed E-state index contributed by atoms with van der Waals surface area (Å²) in [5, 5.41) is 12.6. The van der Waals surface area contributed by atoms with Crippen LogP contribution in [-0.4, -0.2) is 28.2 Å². The normalized spacial score (nSPS) is 11.6. The number of amides is 2. The van der Waals surface area contributed by atoms with Crippen LogP contribution in [0.2, 0.25) is 0 Å². The van der Waals surface area contributed by atoms with Gasteiger partial charge in [-0.25, -0.2) is 20.4 Å². The number of urea groups is 1. The number of hydrogen-bond donors (Lipinski definition) is 3. The van der Waals surface area contributed by atoms with Gasteiger partial charge in [-0.2, -0.15) is 0 Å². The molecule has 0 aromatic heterocycles. The molecular weight excluding hydrogens is 362 g/mol. The third-order valence-electron chi connectivity index (χ3n) is 3.22. The Bertz CT molecular complexity index is 677. The van der Waals surface area contributed by atoms with Crippen molar-refractivity contribution in [1.82, 2.24) is 5.01 Å². The van der Waals surface area contributed by atoms with Gasteiger partial charge in [-0.3, -0.25) is 0 Å². The molecule has 6 nitrogen and oxygen atoms in total. The lowest BCUT2D eigenvalue weighted by Crippen LogP contribution is -2.52. The van der Waals surface area contributed by atoms with Gasteiger partial charge < -0.3 is 10.4 Å². The number of carboxylic acid groups (broad SMARTS) is 1. The van der Waals surface area contributed by atoms with Gasteiger partial charge >= 0.3 is 12.0 Å². The van der Waals surface area contributed by atoms with Crippen molar-refractivity contribution in [2.75, 3.05) is 5.32 Å². The van der Waals surface area contributed by atoms with Gasteiger partial charge in [0, 0.05) is 16.6 Å². The molecule has 0 aliphatic heterocycles. The molecule has 0 aliphatic carbocycles. The summed E-state index contributed by atoms with van der Waals surface area (Å²) in [4.78, 5) is 23.6. The van der Waals surface area contributed by atoms with E-state index in [0.29, 0.717) is 10.7 Å². The molecule has 120 valence electrons. The summed E-state index contributed by atoms with van der Waals surface area (Å²) in [6.07, 6.45) is 0.125. The van der Waals surface area contributed by atoms with Gasteiger partial charge in [0.15, 0.2) is 6.04 Å². The number of benzene rings is 2. The summed E-state index contributed by atoms with van der Waals surface area (Å²) in [6, 6.07) is 14.1. The second-order valence-corrected chi connectivity index (χ2v) is 5.80. The highest BCUT2D eigenvalue weighted by molar-refractivity contribution is 9.10. The molecule has 23 heavy (non-hydrogen) atoms. The van der Waals surface area contributed by atoms with E-state index in [0.717, 1.165) is 10.0 Å². The number of carbonyl (C=O) groups excluding carboxylic acids is 1. The summed E-state index contributed by atoms with van der Waals surface area (Å²) >= 11 is 3.29. The van der Waals surface area contributed by atoms with Crippen LogP contribution in [-0.2, 0) is 11.2 Å². The molecule has 4 N–H and O–H groups in total. The third kappa shape index (κ3) is 4.80. The molecule has 0 fully saturated rings. The maximum absolute atomic E-state index is 12.1. The summed E-state index contributed by atoms with van der Waals surface area (Å²) < 4.78 is 0.868. The van der Waals surface area contributed by atoms with E-state index in [1.54, 1.807) is 48.5 Å². The monoisotopic (exact) mass is 377 g/mol.